The zero-order valence-corrected chi connectivity index (χ0v) is 14.7. The molecule has 1 N–H and O–H groups in total. The van der Waals surface area contributed by atoms with Gasteiger partial charge < -0.3 is 19.5 Å². The van der Waals surface area contributed by atoms with Crippen LogP contribution in [0.4, 0.5) is 4.79 Å². The lowest BCUT2D eigenvalue weighted by Gasteiger charge is -2.16. The SMILES string of the molecule is CCOC(=O)CCCC[C@H](NC(=O)OCc1ccccc1)C(=O)OC. The molecule has 1 rings (SSSR count). The average Bonchev–Trinajstić information content (AvgIpc) is 2.63. The van der Waals surface area contributed by atoms with Crippen molar-refractivity contribution in [2.24, 2.45) is 0 Å². The van der Waals surface area contributed by atoms with E-state index in [-0.39, 0.29) is 19.0 Å². The van der Waals surface area contributed by atoms with Gasteiger partial charge in [0.05, 0.1) is 13.7 Å². The van der Waals surface area contributed by atoms with E-state index in [0.29, 0.717) is 25.9 Å². The quantitative estimate of drug-likeness (QED) is 0.396. The Labute approximate surface area is 147 Å². The molecule has 0 spiro atoms. The largest absolute Gasteiger partial charge is 0.467 e. The van der Waals surface area contributed by atoms with E-state index in [9.17, 15) is 14.4 Å². The molecule has 0 aliphatic carbocycles. The number of nitrogens with one attached hydrogen (secondary N) is 1. The summed E-state index contributed by atoms with van der Waals surface area (Å²) in [6.45, 7) is 2.21. The van der Waals surface area contributed by atoms with Crippen LogP contribution in [0.25, 0.3) is 0 Å². The van der Waals surface area contributed by atoms with Gasteiger partial charge in [0.2, 0.25) is 0 Å². The Morgan fingerprint density at radius 1 is 1.08 bits per heavy atom. The third-order valence-electron chi connectivity index (χ3n) is 3.42. The third kappa shape index (κ3) is 8.74. The molecule has 1 aromatic carbocycles. The average molecular weight is 351 g/mol. The molecule has 0 radical (unpaired) electrons. The number of rotatable bonds is 10. The van der Waals surface area contributed by atoms with Crippen LogP contribution in [0.5, 0.6) is 0 Å². The number of amides is 1. The molecule has 7 nitrogen and oxygen atoms in total. The second kappa shape index (κ2) is 11.9. The smallest absolute Gasteiger partial charge is 0.408 e. The van der Waals surface area contributed by atoms with Gasteiger partial charge in [0.1, 0.15) is 12.6 Å². The van der Waals surface area contributed by atoms with Gasteiger partial charge in [0.25, 0.3) is 0 Å². The maximum absolute atomic E-state index is 11.9. The van der Waals surface area contributed by atoms with Crippen LogP contribution in [0, 0.1) is 0 Å². The number of carbonyl (C=O) groups excluding carboxylic acids is 3. The molecule has 1 atom stereocenters. The first kappa shape index (κ1) is 20.5. The number of methoxy groups -OCH3 is 1. The van der Waals surface area contributed by atoms with Gasteiger partial charge in [-0.3, -0.25) is 4.79 Å². The zero-order valence-electron chi connectivity index (χ0n) is 14.7. The van der Waals surface area contributed by atoms with Gasteiger partial charge in [-0.1, -0.05) is 36.8 Å². The first-order valence-corrected chi connectivity index (χ1v) is 8.27. The van der Waals surface area contributed by atoms with Crippen molar-refractivity contribution < 1.29 is 28.6 Å². The number of carbonyl (C=O) groups is 3. The normalized spacial score (nSPS) is 11.3. The maximum atomic E-state index is 11.9. The number of alkyl carbamates (subject to hydrolysis) is 1. The van der Waals surface area contributed by atoms with Crippen LogP contribution in [0.1, 0.15) is 38.2 Å². The summed E-state index contributed by atoms with van der Waals surface area (Å²) in [6.07, 6.45) is 1.07. The van der Waals surface area contributed by atoms with Gasteiger partial charge in [0.15, 0.2) is 0 Å². The van der Waals surface area contributed by atoms with E-state index in [0.717, 1.165) is 5.56 Å². The molecular weight excluding hydrogens is 326 g/mol. The summed E-state index contributed by atoms with van der Waals surface area (Å²) in [7, 11) is 1.25. The van der Waals surface area contributed by atoms with Gasteiger partial charge in [0, 0.05) is 6.42 Å². The summed E-state index contributed by atoms with van der Waals surface area (Å²) in [5, 5.41) is 2.50. The van der Waals surface area contributed by atoms with Crippen LogP contribution >= 0.6 is 0 Å². The van der Waals surface area contributed by atoms with E-state index < -0.39 is 18.1 Å². The number of esters is 2. The van der Waals surface area contributed by atoms with E-state index in [1.165, 1.54) is 7.11 Å². The highest BCUT2D eigenvalue weighted by Gasteiger charge is 2.22. The zero-order chi connectivity index (χ0) is 18.5. The minimum Gasteiger partial charge on any atom is -0.467 e. The summed E-state index contributed by atoms with van der Waals surface area (Å²) < 4.78 is 14.6. The highest BCUT2D eigenvalue weighted by molar-refractivity contribution is 5.81. The Bertz CT molecular complexity index is 546. The molecule has 25 heavy (non-hydrogen) atoms. The van der Waals surface area contributed by atoms with E-state index in [4.69, 9.17) is 14.2 Å². The Kier molecular flexibility index (Phi) is 9.74. The number of unbranched alkanes of at least 4 members (excludes halogenated alkanes) is 1. The standard InChI is InChI=1S/C18H25NO6/c1-3-24-16(20)12-8-7-11-15(17(21)23-2)19-18(22)25-13-14-9-5-4-6-10-14/h4-6,9-10,15H,3,7-8,11-13H2,1-2H3,(H,19,22)/t15-/m0/s1. The molecule has 0 heterocycles. The number of benzene rings is 1. The van der Waals surface area contributed by atoms with Crippen molar-refractivity contribution in [1.29, 1.82) is 0 Å². The minimum atomic E-state index is -0.810. The van der Waals surface area contributed by atoms with Crippen molar-refractivity contribution in [3.63, 3.8) is 0 Å². The van der Waals surface area contributed by atoms with Gasteiger partial charge in [-0.15, -0.1) is 0 Å². The molecule has 138 valence electrons. The molecule has 0 fully saturated rings. The summed E-state index contributed by atoms with van der Waals surface area (Å²) in [5.41, 5.74) is 0.849. The lowest BCUT2D eigenvalue weighted by atomic mass is 10.1. The van der Waals surface area contributed by atoms with Gasteiger partial charge in [-0.05, 0) is 25.3 Å². The molecule has 0 saturated carbocycles. The van der Waals surface area contributed by atoms with E-state index in [1.807, 2.05) is 30.3 Å². The molecule has 1 amide bonds. The fourth-order valence-electron chi connectivity index (χ4n) is 2.15. The van der Waals surface area contributed by atoms with Crippen molar-refractivity contribution in [3.05, 3.63) is 35.9 Å². The van der Waals surface area contributed by atoms with Crippen LogP contribution in [0.3, 0.4) is 0 Å². The third-order valence-corrected chi connectivity index (χ3v) is 3.42. The van der Waals surface area contributed by atoms with Crippen LogP contribution in [-0.4, -0.2) is 37.8 Å². The van der Waals surface area contributed by atoms with Gasteiger partial charge in [-0.2, -0.15) is 0 Å². The highest BCUT2D eigenvalue weighted by atomic mass is 16.6. The van der Waals surface area contributed by atoms with Gasteiger partial charge >= 0.3 is 18.0 Å². The minimum absolute atomic E-state index is 0.115. The Morgan fingerprint density at radius 3 is 2.44 bits per heavy atom. The maximum Gasteiger partial charge on any atom is 0.408 e. The van der Waals surface area contributed by atoms with Crippen LogP contribution in [-0.2, 0) is 30.4 Å². The molecule has 0 aliphatic heterocycles. The molecule has 7 heteroatoms. The van der Waals surface area contributed by atoms with Crippen LogP contribution < -0.4 is 5.32 Å². The highest BCUT2D eigenvalue weighted by Crippen LogP contribution is 2.07. The first-order chi connectivity index (χ1) is 12.1. The Morgan fingerprint density at radius 2 is 1.80 bits per heavy atom. The van der Waals surface area contributed by atoms with Crippen molar-refractivity contribution >= 4 is 18.0 Å². The van der Waals surface area contributed by atoms with Crippen LogP contribution in [0.15, 0.2) is 30.3 Å². The fourth-order valence-corrected chi connectivity index (χ4v) is 2.15. The monoisotopic (exact) mass is 351 g/mol. The van der Waals surface area contributed by atoms with E-state index >= 15 is 0 Å². The van der Waals surface area contributed by atoms with Crippen molar-refractivity contribution in [2.75, 3.05) is 13.7 Å². The van der Waals surface area contributed by atoms with Crippen molar-refractivity contribution in [1.82, 2.24) is 5.32 Å². The number of ether oxygens (including phenoxy) is 3. The molecule has 0 saturated heterocycles. The number of hydrogen-bond acceptors (Lipinski definition) is 6. The molecule has 1 aromatic rings. The first-order valence-electron chi connectivity index (χ1n) is 8.27. The lowest BCUT2D eigenvalue weighted by molar-refractivity contribution is -0.143. The second-order valence-corrected chi connectivity index (χ2v) is 5.33. The molecular formula is C18H25NO6. The van der Waals surface area contributed by atoms with E-state index in [1.54, 1.807) is 6.92 Å². The number of hydrogen-bond donors (Lipinski definition) is 1. The molecule has 0 unspecified atom stereocenters. The summed E-state index contributed by atoms with van der Waals surface area (Å²) >= 11 is 0. The second-order valence-electron chi connectivity index (χ2n) is 5.33. The fraction of sp³-hybridized carbons (Fsp3) is 0.500. The van der Waals surface area contributed by atoms with Crippen molar-refractivity contribution in [2.45, 2.75) is 45.3 Å². The van der Waals surface area contributed by atoms with Crippen molar-refractivity contribution in [3.8, 4) is 0 Å². The van der Waals surface area contributed by atoms with Gasteiger partial charge in [-0.25, -0.2) is 9.59 Å². The summed E-state index contributed by atoms with van der Waals surface area (Å²) in [4.78, 5) is 34.9. The Balaban J connectivity index is 2.37. The molecule has 0 bridgehead atoms. The topological polar surface area (TPSA) is 90.9 Å². The summed E-state index contributed by atoms with van der Waals surface area (Å²) in [6, 6.07) is 8.42. The summed E-state index contributed by atoms with van der Waals surface area (Å²) in [5.74, 6) is -0.819. The predicted octanol–water partition coefficient (Wildman–Crippen LogP) is 2.58. The molecule has 0 aliphatic rings. The lowest BCUT2D eigenvalue weighted by Crippen LogP contribution is -2.41. The van der Waals surface area contributed by atoms with E-state index in [2.05, 4.69) is 5.32 Å². The predicted molar refractivity (Wildman–Crippen MR) is 90.7 cm³/mol. The van der Waals surface area contributed by atoms with Crippen LogP contribution in [0.2, 0.25) is 0 Å². The molecule has 0 aromatic heterocycles. The Hall–Kier alpha value is -2.57.